The zero-order valence-electron chi connectivity index (χ0n) is 12.9. The summed E-state index contributed by atoms with van der Waals surface area (Å²) >= 11 is 0. The number of anilines is 1. The third kappa shape index (κ3) is 3.28. The molecular weight excluding hydrogens is 264 g/mol. The minimum Gasteiger partial charge on any atom is -0.370 e. The molecule has 2 fully saturated rings. The summed E-state index contributed by atoms with van der Waals surface area (Å²) in [5.74, 6) is 0.682. The monoisotopic (exact) mass is 290 g/mol. The Morgan fingerprint density at radius 1 is 1.29 bits per heavy atom. The summed E-state index contributed by atoms with van der Waals surface area (Å²) < 4.78 is 1.62. The van der Waals surface area contributed by atoms with Crippen LogP contribution >= 0.6 is 0 Å². The molecule has 0 radical (unpaired) electrons. The second kappa shape index (κ2) is 6.60. The van der Waals surface area contributed by atoms with E-state index in [0.29, 0.717) is 18.5 Å². The first-order valence-electron chi connectivity index (χ1n) is 8.27. The van der Waals surface area contributed by atoms with Gasteiger partial charge in [-0.1, -0.05) is 12.8 Å². The molecule has 0 bridgehead atoms. The van der Waals surface area contributed by atoms with Gasteiger partial charge in [0.25, 0.3) is 5.56 Å². The lowest BCUT2D eigenvalue weighted by Gasteiger charge is -2.23. The number of nitrogens with zero attached hydrogens (tertiary/aromatic N) is 3. The van der Waals surface area contributed by atoms with Crippen LogP contribution in [0.3, 0.4) is 0 Å². The first-order valence-corrected chi connectivity index (χ1v) is 8.27. The van der Waals surface area contributed by atoms with Gasteiger partial charge in [-0.2, -0.15) is 5.10 Å². The van der Waals surface area contributed by atoms with E-state index in [-0.39, 0.29) is 5.56 Å². The fourth-order valence-corrected chi connectivity index (χ4v) is 3.73. The molecule has 0 aromatic carbocycles. The second-order valence-corrected chi connectivity index (χ2v) is 6.37. The Morgan fingerprint density at radius 2 is 2.00 bits per heavy atom. The average Bonchev–Trinajstić information content (AvgIpc) is 3.19. The van der Waals surface area contributed by atoms with Crippen LogP contribution in [0.2, 0.25) is 0 Å². The van der Waals surface area contributed by atoms with E-state index in [0.717, 1.165) is 18.8 Å². The van der Waals surface area contributed by atoms with Gasteiger partial charge in [-0.25, -0.2) is 4.68 Å². The summed E-state index contributed by atoms with van der Waals surface area (Å²) in [5.41, 5.74) is 1.01. The molecule has 0 spiro atoms. The van der Waals surface area contributed by atoms with E-state index < -0.39 is 0 Å². The fourth-order valence-electron chi connectivity index (χ4n) is 3.73. The van der Waals surface area contributed by atoms with Gasteiger partial charge in [-0.3, -0.25) is 4.79 Å². The fraction of sp³-hybridized carbons (Fsp3) is 0.750. The molecule has 21 heavy (non-hydrogen) atoms. The van der Waals surface area contributed by atoms with Crippen molar-refractivity contribution >= 4 is 5.69 Å². The van der Waals surface area contributed by atoms with Gasteiger partial charge in [0.1, 0.15) is 0 Å². The molecule has 1 aromatic heterocycles. The zero-order chi connectivity index (χ0) is 14.7. The molecule has 1 aliphatic heterocycles. The van der Waals surface area contributed by atoms with E-state index in [9.17, 15) is 4.79 Å². The predicted molar refractivity (Wildman–Crippen MR) is 84.7 cm³/mol. The van der Waals surface area contributed by atoms with E-state index in [1.165, 1.54) is 38.5 Å². The molecule has 1 atom stereocenters. The predicted octanol–water partition coefficient (Wildman–Crippen LogP) is 1.62. The normalized spacial score (nSPS) is 21.1. The van der Waals surface area contributed by atoms with Crippen molar-refractivity contribution in [2.75, 3.05) is 25.0 Å². The van der Waals surface area contributed by atoms with Crippen LogP contribution in [0, 0.1) is 5.92 Å². The minimum atomic E-state index is 0.0256. The Kier molecular flexibility index (Phi) is 4.58. The largest absolute Gasteiger partial charge is 0.370 e. The summed E-state index contributed by atoms with van der Waals surface area (Å²) in [6, 6.07) is 2.11. The lowest BCUT2D eigenvalue weighted by Crippen LogP contribution is -2.40. The van der Waals surface area contributed by atoms with Crippen LogP contribution in [-0.4, -0.2) is 36.0 Å². The van der Waals surface area contributed by atoms with E-state index >= 15 is 0 Å². The van der Waals surface area contributed by atoms with Crippen molar-refractivity contribution in [1.29, 1.82) is 0 Å². The molecule has 1 saturated carbocycles. The van der Waals surface area contributed by atoms with Crippen molar-refractivity contribution in [1.82, 2.24) is 15.1 Å². The Labute approximate surface area is 126 Å². The summed E-state index contributed by atoms with van der Waals surface area (Å²) in [6.07, 6.45) is 9.46. The third-order valence-corrected chi connectivity index (χ3v) is 5.04. The Bertz CT molecular complexity index is 515. The van der Waals surface area contributed by atoms with E-state index in [1.54, 1.807) is 10.7 Å². The number of likely N-dealkylation sites (N-methyl/N-ethyl adjacent to an activating group) is 1. The topological polar surface area (TPSA) is 50.2 Å². The Morgan fingerprint density at radius 3 is 2.62 bits per heavy atom. The summed E-state index contributed by atoms with van der Waals surface area (Å²) in [4.78, 5) is 14.6. The smallest absolute Gasteiger partial charge is 0.268 e. The van der Waals surface area contributed by atoms with Gasteiger partial charge in [0.2, 0.25) is 0 Å². The van der Waals surface area contributed by atoms with Crippen LogP contribution in [0.15, 0.2) is 17.1 Å². The highest BCUT2D eigenvalue weighted by molar-refractivity contribution is 5.43. The Balaban J connectivity index is 1.71. The zero-order valence-corrected chi connectivity index (χ0v) is 12.9. The van der Waals surface area contributed by atoms with Gasteiger partial charge in [0.15, 0.2) is 0 Å². The second-order valence-electron chi connectivity index (χ2n) is 6.37. The van der Waals surface area contributed by atoms with E-state index in [1.807, 2.05) is 13.2 Å². The van der Waals surface area contributed by atoms with Crippen LogP contribution in [-0.2, 0) is 6.54 Å². The number of aromatic nitrogens is 2. The highest BCUT2D eigenvalue weighted by Gasteiger charge is 2.24. The van der Waals surface area contributed by atoms with Crippen LogP contribution in [0.25, 0.3) is 0 Å². The summed E-state index contributed by atoms with van der Waals surface area (Å²) in [7, 11) is 1.99. The molecule has 3 rings (SSSR count). The number of nitrogens with one attached hydrogen (secondary N) is 1. The molecule has 0 amide bonds. The third-order valence-electron chi connectivity index (χ3n) is 5.04. The summed E-state index contributed by atoms with van der Waals surface area (Å²) in [5, 5.41) is 7.78. The van der Waals surface area contributed by atoms with Gasteiger partial charge in [-0.05, 0) is 38.6 Å². The van der Waals surface area contributed by atoms with Gasteiger partial charge in [0.05, 0.1) is 18.4 Å². The highest BCUT2D eigenvalue weighted by Crippen LogP contribution is 2.28. The molecule has 116 valence electrons. The molecule has 1 unspecified atom stereocenters. The maximum Gasteiger partial charge on any atom is 0.268 e. The molecule has 2 heterocycles. The van der Waals surface area contributed by atoms with Crippen molar-refractivity contribution in [3.63, 3.8) is 0 Å². The van der Waals surface area contributed by atoms with E-state index in [2.05, 4.69) is 15.3 Å². The molecule has 1 saturated heterocycles. The number of hydrogen-bond donors (Lipinski definition) is 1. The maximum atomic E-state index is 12.3. The van der Waals surface area contributed by atoms with Crippen LogP contribution in [0.5, 0.6) is 0 Å². The first-order chi connectivity index (χ1) is 10.3. The van der Waals surface area contributed by atoms with Crippen LogP contribution < -0.4 is 15.8 Å². The van der Waals surface area contributed by atoms with Gasteiger partial charge in [0, 0.05) is 25.2 Å². The van der Waals surface area contributed by atoms with Crippen molar-refractivity contribution in [3.8, 4) is 0 Å². The lowest BCUT2D eigenvalue weighted by atomic mass is 9.98. The van der Waals surface area contributed by atoms with Gasteiger partial charge >= 0.3 is 0 Å². The highest BCUT2D eigenvalue weighted by atomic mass is 16.1. The molecule has 1 aromatic rings. The van der Waals surface area contributed by atoms with Crippen molar-refractivity contribution in [2.45, 2.75) is 51.1 Å². The summed E-state index contributed by atoms with van der Waals surface area (Å²) in [6.45, 7) is 2.78. The van der Waals surface area contributed by atoms with E-state index in [4.69, 9.17) is 0 Å². The maximum absolute atomic E-state index is 12.3. The van der Waals surface area contributed by atoms with Gasteiger partial charge in [-0.15, -0.1) is 0 Å². The standard InChI is InChI=1S/C16H26N4O/c1-17-15(13-6-2-3-7-13)12-20-16(21)10-14(11-18-20)19-8-4-5-9-19/h10-11,13,15,17H,2-9,12H2,1H3. The lowest BCUT2D eigenvalue weighted by molar-refractivity contribution is 0.323. The molecule has 5 nitrogen and oxygen atoms in total. The molecule has 1 N–H and O–H groups in total. The Hall–Kier alpha value is -1.36. The molecule has 2 aliphatic rings. The molecule has 5 heteroatoms. The minimum absolute atomic E-state index is 0.0256. The number of hydrogen-bond acceptors (Lipinski definition) is 4. The van der Waals surface area contributed by atoms with Crippen LogP contribution in [0.1, 0.15) is 38.5 Å². The van der Waals surface area contributed by atoms with Crippen LogP contribution in [0.4, 0.5) is 5.69 Å². The van der Waals surface area contributed by atoms with Gasteiger partial charge < -0.3 is 10.2 Å². The molecular formula is C16H26N4O. The molecule has 1 aliphatic carbocycles. The van der Waals surface area contributed by atoms with Crippen molar-refractivity contribution in [3.05, 3.63) is 22.6 Å². The first kappa shape index (κ1) is 14.6. The van der Waals surface area contributed by atoms with Crippen molar-refractivity contribution in [2.24, 2.45) is 5.92 Å². The number of rotatable bonds is 5. The SMILES string of the molecule is CNC(Cn1ncc(N2CCCC2)cc1=O)C1CCCC1. The average molecular weight is 290 g/mol. The van der Waals surface area contributed by atoms with Crippen molar-refractivity contribution < 1.29 is 0 Å². The quantitative estimate of drug-likeness (QED) is 0.895.